The van der Waals surface area contributed by atoms with Crippen LogP contribution in [0.4, 0.5) is 4.79 Å². The van der Waals surface area contributed by atoms with Crippen molar-refractivity contribution in [1.82, 2.24) is 34.8 Å². The zero-order chi connectivity index (χ0) is 17.7. The van der Waals surface area contributed by atoms with Gasteiger partial charge in [-0.3, -0.25) is 14.0 Å². The number of nitrogens with one attached hydrogen (secondary N) is 2. The number of rotatable bonds is 2. The van der Waals surface area contributed by atoms with Gasteiger partial charge >= 0.3 is 0 Å². The van der Waals surface area contributed by atoms with Crippen molar-refractivity contribution in [3.05, 3.63) is 24.3 Å². The average Bonchev–Trinajstić information content (AvgIpc) is 3.39. The molecule has 2 N–H and O–H groups in total. The van der Waals surface area contributed by atoms with Crippen molar-refractivity contribution in [1.29, 1.82) is 0 Å². The van der Waals surface area contributed by atoms with Crippen LogP contribution in [0.1, 0.15) is 24.6 Å². The van der Waals surface area contributed by atoms with E-state index in [0.717, 1.165) is 29.8 Å². The molecule has 0 unspecified atom stereocenters. The molecule has 2 atom stereocenters. The summed E-state index contributed by atoms with van der Waals surface area (Å²) in [4.78, 5) is 33.4. The molecule has 5 rings (SSSR count). The number of aromatic nitrogens is 5. The fourth-order valence-corrected chi connectivity index (χ4v) is 4.56. The molecule has 0 aliphatic carbocycles. The van der Waals surface area contributed by atoms with Gasteiger partial charge in [0.2, 0.25) is 5.91 Å². The summed E-state index contributed by atoms with van der Waals surface area (Å²) >= 11 is 1.17. The molecule has 0 radical (unpaired) electrons. The lowest BCUT2D eigenvalue weighted by Crippen LogP contribution is -2.49. The van der Waals surface area contributed by atoms with E-state index in [4.69, 9.17) is 0 Å². The predicted molar refractivity (Wildman–Crippen MR) is 96.0 cm³/mol. The summed E-state index contributed by atoms with van der Waals surface area (Å²) in [6, 6.07) is 1.54. The first kappa shape index (κ1) is 15.6. The zero-order valence-corrected chi connectivity index (χ0v) is 14.7. The third-order valence-electron chi connectivity index (χ3n) is 5.04. The Morgan fingerprint density at radius 2 is 2.27 bits per heavy atom. The normalized spacial score (nSPS) is 23.7. The van der Waals surface area contributed by atoms with Crippen LogP contribution in [0, 0.1) is 0 Å². The number of amides is 2. The molecular formula is C16H17N7O2S. The highest BCUT2D eigenvalue weighted by molar-refractivity contribution is 8.14. The SMILES string of the molecule is O=C1N[C@H](C(=O)N2CCC[C@@H](c3nnc4cnc5[nH]ccc5n34)C2)CS1. The molecule has 26 heavy (non-hydrogen) atoms. The van der Waals surface area contributed by atoms with Crippen LogP contribution in [-0.2, 0) is 4.79 Å². The van der Waals surface area contributed by atoms with E-state index in [2.05, 4.69) is 25.5 Å². The second kappa shape index (κ2) is 5.97. The first-order valence-electron chi connectivity index (χ1n) is 8.60. The second-order valence-electron chi connectivity index (χ2n) is 6.64. The highest BCUT2D eigenvalue weighted by Gasteiger charge is 2.35. The third kappa shape index (κ3) is 2.44. The fraction of sp³-hybridized carbons (Fsp3) is 0.438. The number of thioether (sulfide) groups is 1. The van der Waals surface area contributed by atoms with Gasteiger partial charge in [0, 0.05) is 31.0 Å². The largest absolute Gasteiger partial charge is 0.345 e. The number of piperidine rings is 1. The third-order valence-corrected chi connectivity index (χ3v) is 5.92. The Morgan fingerprint density at radius 1 is 1.35 bits per heavy atom. The molecule has 2 aliphatic heterocycles. The lowest BCUT2D eigenvalue weighted by atomic mass is 9.96. The molecule has 5 heterocycles. The van der Waals surface area contributed by atoms with Crippen molar-refractivity contribution in [3.63, 3.8) is 0 Å². The minimum Gasteiger partial charge on any atom is -0.345 e. The fourth-order valence-electron chi connectivity index (χ4n) is 3.79. The molecule has 3 aromatic rings. The maximum Gasteiger partial charge on any atom is 0.279 e. The maximum atomic E-state index is 12.7. The number of nitrogens with zero attached hydrogens (tertiary/aromatic N) is 5. The van der Waals surface area contributed by atoms with Gasteiger partial charge in [0.1, 0.15) is 11.9 Å². The van der Waals surface area contributed by atoms with Crippen molar-refractivity contribution >= 4 is 39.7 Å². The van der Waals surface area contributed by atoms with E-state index in [1.807, 2.05) is 21.6 Å². The molecule has 2 fully saturated rings. The van der Waals surface area contributed by atoms with E-state index in [-0.39, 0.29) is 17.1 Å². The lowest BCUT2D eigenvalue weighted by Gasteiger charge is -2.33. The molecule has 2 amide bonds. The topological polar surface area (TPSA) is 108 Å². The molecule has 0 bridgehead atoms. The highest BCUT2D eigenvalue weighted by atomic mass is 32.2. The van der Waals surface area contributed by atoms with Crippen molar-refractivity contribution in [2.45, 2.75) is 24.8 Å². The van der Waals surface area contributed by atoms with Gasteiger partial charge in [-0.25, -0.2) is 4.98 Å². The standard InChI is InChI=1S/C16H17N7O2S/c24-15(10-8-26-16(25)19-10)22-5-1-2-9(7-22)14-21-20-12-6-18-13-11(23(12)14)3-4-17-13/h3-4,6,9-10,17H,1-2,5,7-8H2,(H,19,25)/t9-,10+/m1/s1. The average molecular weight is 371 g/mol. The van der Waals surface area contributed by atoms with E-state index >= 15 is 0 Å². The Labute approximate surface area is 152 Å². The first-order valence-corrected chi connectivity index (χ1v) is 9.58. The highest BCUT2D eigenvalue weighted by Crippen LogP contribution is 2.28. The number of hydrogen-bond donors (Lipinski definition) is 2. The molecule has 2 saturated heterocycles. The van der Waals surface area contributed by atoms with Crippen LogP contribution in [0.2, 0.25) is 0 Å². The van der Waals surface area contributed by atoms with E-state index < -0.39 is 6.04 Å². The summed E-state index contributed by atoms with van der Waals surface area (Å²) in [5, 5.41) is 11.3. The number of carbonyl (C=O) groups is 2. The lowest BCUT2D eigenvalue weighted by molar-refractivity contribution is -0.133. The Morgan fingerprint density at radius 3 is 3.12 bits per heavy atom. The van der Waals surface area contributed by atoms with Gasteiger partial charge < -0.3 is 15.2 Å². The summed E-state index contributed by atoms with van der Waals surface area (Å²) in [6.07, 6.45) is 5.40. The smallest absolute Gasteiger partial charge is 0.279 e. The summed E-state index contributed by atoms with van der Waals surface area (Å²) < 4.78 is 2.02. The molecular weight excluding hydrogens is 354 g/mol. The summed E-state index contributed by atoms with van der Waals surface area (Å²) in [5.41, 5.74) is 2.42. The van der Waals surface area contributed by atoms with Crippen molar-refractivity contribution in [3.8, 4) is 0 Å². The maximum absolute atomic E-state index is 12.7. The zero-order valence-electron chi connectivity index (χ0n) is 13.9. The Kier molecular flexibility index (Phi) is 3.59. The van der Waals surface area contributed by atoms with Crippen LogP contribution in [0.5, 0.6) is 0 Å². The number of carbonyl (C=O) groups excluding carboxylic acids is 2. The number of hydrogen-bond acceptors (Lipinski definition) is 6. The van der Waals surface area contributed by atoms with Crippen LogP contribution >= 0.6 is 11.8 Å². The number of likely N-dealkylation sites (tertiary alicyclic amines) is 1. The number of fused-ring (bicyclic) bond motifs is 3. The van der Waals surface area contributed by atoms with Gasteiger partial charge in [-0.1, -0.05) is 11.8 Å². The van der Waals surface area contributed by atoms with Crippen LogP contribution < -0.4 is 5.32 Å². The molecule has 0 saturated carbocycles. The van der Waals surface area contributed by atoms with E-state index in [1.54, 1.807) is 6.20 Å². The summed E-state index contributed by atoms with van der Waals surface area (Å²) in [7, 11) is 0. The molecule has 10 heteroatoms. The number of H-pyrrole nitrogens is 1. The van der Waals surface area contributed by atoms with Gasteiger partial charge in [-0.05, 0) is 18.9 Å². The van der Waals surface area contributed by atoms with Gasteiger partial charge in [-0.2, -0.15) is 0 Å². The minimum atomic E-state index is -0.415. The van der Waals surface area contributed by atoms with Crippen molar-refractivity contribution < 1.29 is 9.59 Å². The summed E-state index contributed by atoms with van der Waals surface area (Å²) in [5.74, 6) is 1.46. The molecule has 2 aliphatic rings. The quantitative estimate of drug-likeness (QED) is 0.699. The van der Waals surface area contributed by atoms with E-state index in [0.29, 0.717) is 24.5 Å². The second-order valence-corrected chi connectivity index (χ2v) is 7.63. The monoisotopic (exact) mass is 371 g/mol. The Balaban J connectivity index is 1.45. The van der Waals surface area contributed by atoms with Gasteiger partial charge in [0.05, 0.1) is 11.7 Å². The van der Waals surface area contributed by atoms with Crippen molar-refractivity contribution in [2.75, 3.05) is 18.8 Å². The molecule has 0 spiro atoms. The minimum absolute atomic E-state index is 0.00433. The number of aromatic amines is 1. The van der Waals surface area contributed by atoms with Crippen LogP contribution in [0.3, 0.4) is 0 Å². The molecule has 9 nitrogen and oxygen atoms in total. The Bertz CT molecular complexity index is 1010. The summed E-state index contributed by atoms with van der Waals surface area (Å²) in [6.45, 7) is 1.30. The predicted octanol–water partition coefficient (Wildman–Crippen LogP) is 1.14. The van der Waals surface area contributed by atoms with Crippen LogP contribution in [0.25, 0.3) is 16.8 Å². The van der Waals surface area contributed by atoms with Gasteiger partial charge in [0.25, 0.3) is 5.24 Å². The van der Waals surface area contributed by atoms with E-state index in [1.165, 1.54) is 11.8 Å². The van der Waals surface area contributed by atoms with E-state index in [9.17, 15) is 9.59 Å². The van der Waals surface area contributed by atoms with Gasteiger partial charge in [-0.15, -0.1) is 10.2 Å². The van der Waals surface area contributed by atoms with Crippen LogP contribution in [0.15, 0.2) is 18.5 Å². The molecule has 134 valence electrons. The Hall–Kier alpha value is -2.62. The first-order chi connectivity index (χ1) is 12.7. The molecule has 0 aromatic carbocycles. The van der Waals surface area contributed by atoms with Crippen LogP contribution in [-0.4, -0.2) is 65.5 Å². The van der Waals surface area contributed by atoms with Crippen molar-refractivity contribution in [2.24, 2.45) is 0 Å². The van der Waals surface area contributed by atoms with Gasteiger partial charge in [0.15, 0.2) is 11.3 Å². The molecule has 3 aromatic heterocycles.